The maximum Gasteiger partial charge on any atom is 0.239 e. The van der Waals surface area contributed by atoms with Gasteiger partial charge in [0, 0.05) is 26.6 Å². The van der Waals surface area contributed by atoms with Gasteiger partial charge in [0.25, 0.3) is 0 Å². The molecule has 1 aliphatic heterocycles. The predicted octanol–water partition coefficient (Wildman–Crippen LogP) is 0.540. The Morgan fingerprint density at radius 3 is 2.76 bits per heavy atom. The Balaban J connectivity index is 2.23. The molecule has 0 aliphatic carbocycles. The predicted molar refractivity (Wildman–Crippen MR) is 64.5 cm³/mol. The second-order valence-corrected chi connectivity index (χ2v) is 4.38. The fourth-order valence-electron chi connectivity index (χ4n) is 1.88. The summed E-state index contributed by atoms with van der Waals surface area (Å²) in [6, 6.07) is 0. The molecule has 1 N–H and O–H groups in total. The molecule has 1 saturated heterocycles. The molecule has 1 atom stereocenters. The normalized spacial score (nSPS) is 19.1. The van der Waals surface area contributed by atoms with Crippen LogP contribution in [0, 0.1) is 0 Å². The number of carbonyl (C=O) groups is 2. The number of amides is 2. The molecule has 1 fully saturated rings. The fraction of sp³-hybridized carbons (Fsp3) is 0.833. The van der Waals surface area contributed by atoms with Crippen LogP contribution in [0.4, 0.5) is 0 Å². The zero-order chi connectivity index (χ0) is 12.7. The van der Waals surface area contributed by atoms with E-state index in [2.05, 4.69) is 5.32 Å². The molecular formula is C12H22N2O3. The maximum absolute atomic E-state index is 11.6. The van der Waals surface area contributed by atoms with Gasteiger partial charge in [0.15, 0.2) is 0 Å². The summed E-state index contributed by atoms with van der Waals surface area (Å²) in [6.45, 7) is 5.59. The van der Waals surface area contributed by atoms with Crippen molar-refractivity contribution in [2.75, 3.05) is 26.2 Å². The van der Waals surface area contributed by atoms with Crippen LogP contribution >= 0.6 is 0 Å². The van der Waals surface area contributed by atoms with Gasteiger partial charge in [-0.15, -0.1) is 0 Å². The Morgan fingerprint density at radius 2 is 2.24 bits per heavy atom. The van der Waals surface area contributed by atoms with Gasteiger partial charge in [-0.1, -0.05) is 6.92 Å². The van der Waals surface area contributed by atoms with E-state index >= 15 is 0 Å². The highest BCUT2D eigenvalue weighted by Gasteiger charge is 2.17. The van der Waals surface area contributed by atoms with Crippen molar-refractivity contribution < 1.29 is 14.3 Å². The van der Waals surface area contributed by atoms with Crippen molar-refractivity contribution in [3.63, 3.8) is 0 Å². The molecule has 5 nitrogen and oxygen atoms in total. The smallest absolute Gasteiger partial charge is 0.239 e. The van der Waals surface area contributed by atoms with E-state index in [9.17, 15) is 9.59 Å². The average Bonchev–Trinajstić information content (AvgIpc) is 2.78. The number of ether oxygens (including phenoxy) is 1. The third-order valence-electron chi connectivity index (χ3n) is 2.82. The lowest BCUT2D eigenvalue weighted by molar-refractivity contribution is -0.134. The Kier molecular flexibility index (Phi) is 5.97. The molecule has 0 aromatic carbocycles. The number of nitrogens with one attached hydrogen (secondary N) is 1. The summed E-state index contributed by atoms with van der Waals surface area (Å²) in [5.74, 6) is -0.164. The first-order chi connectivity index (χ1) is 8.13. The number of hydrogen-bond donors (Lipinski definition) is 1. The first-order valence-corrected chi connectivity index (χ1v) is 6.27. The molecule has 98 valence electrons. The van der Waals surface area contributed by atoms with Crippen LogP contribution < -0.4 is 5.32 Å². The summed E-state index contributed by atoms with van der Waals surface area (Å²) in [5.41, 5.74) is 0. The van der Waals surface area contributed by atoms with Crippen LogP contribution in [-0.2, 0) is 14.3 Å². The molecule has 5 heteroatoms. The highest BCUT2D eigenvalue weighted by atomic mass is 16.5. The van der Waals surface area contributed by atoms with Crippen LogP contribution in [-0.4, -0.2) is 49.1 Å². The standard InChI is InChI=1S/C12H22N2O3/c1-3-6-14(10(2)15)9-12(16)13-8-11-5-4-7-17-11/h11H,3-9H2,1-2H3,(H,13,16). The molecule has 0 saturated carbocycles. The van der Waals surface area contributed by atoms with Gasteiger partial charge in [0.2, 0.25) is 11.8 Å². The number of nitrogens with zero attached hydrogens (tertiary/aromatic N) is 1. The quantitative estimate of drug-likeness (QED) is 0.739. The SMILES string of the molecule is CCCN(CC(=O)NCC1CCCO1)C(C)=O. The summed E-state index contributed by atoms with van der Waals surface area (Å²) in [7, 11) is 0. The van der Waals surface area contributed by atoms with Gasteiger partial charge >= 0.3 is 0 Å². The van der Waals surface area contributed by atoms with Gasteiger partial charge < -0.3 is 15.0 Å². The molecular weight excluding hydrogens is 220 g/mol. The lowest BCUT2D eigenvalue weighted by Crippen LogP contribution is -2.42. The molecule has 0 radical (unpaired) electrons. The molecule has 1 rings (SSSR count). The minimum Gasteiger partial charge on any atom is -0.376 e. The van der Waals surface area contributed by atoms with Gasteiger partial charge in [0.1, 0.15) is 0 Å². The highest BCUT2D eigenvalue weighted by Crippen LogP contribution is 2.10. The largest absolute Gasteiger partial charge is 0.376 e. The highest BCUT2D eigenvalue weighted by molar-refractivity contribution is 5.83. The third kappa shape index (κ3) is 5.17. The lowest BCUT2D eigenvalue weighted by atomic mass is 10.2. The van der Waals surface area contributed by atoms with E-state index in [4.69, 9.17) is 4.74 Å². The summed E-state index contributed by atoms with van der Waals surface area (Å²) in [4.78, 5) is 24.4. The van der Waals surface area contributed by atoms with Crippen molar-refractivity contribution in [1.29, 1.82) is 0 Å². The second-order valence-electron chi connectivity index (χ2n) is 4.38. The zero-order valence-electron chi connectivity index (χ0n) is 10.7. The molecule has 1 aliphatic rings. The molecule has 0 bridgehead atoms. The van der Waals surface area contributed by atoms with Gasteiger partial charge in [0.05, 0.1) is 12.6 Å². The van der Waals surface area contributed by atoms with Crippen molar-refractivity contribution in [3.05, 3.63) is 0 Å². The Morgan fingerprint density at radius 1 is 1.47 bits per heavy atom. The van der Waals surface area contributed by atoms with Crippen LogP contribution in [0.5, 0.6) is 0 Å². The molecule has 1 unspecified atom stereocenters. The van der Waals surface area contributed by atoms with Crippen molar-refractivity contribution in [2.24, 2.45) is 0 Å². The first-order valence-electron chi connectivity index (χ1n) is 6.27. The van der Waals surface area contributed by atoms with Crippen LogP contribution in [0.3, 0.4) is 0 Å². The van der Waals surface area contributed by atoms with Gasteiger partial charge in [-0.2, -0.15) is 0 Å². The van der Waals surface area contributed by atoms with Crippen LogP contribution in [0.25, 0.3) is 0 Å². The molecule has 17 heavy (non-hydrogen) atoms. The minimum atomic E-state index is -0.107. The van der Waals surface area contributed by atoms with E-state index in [1.54, 1.807) is 4.90 Å². The van der Waals surface area contributed by atoms with E-state index in [1.165, 1.54) is 6.92 Å². The van der Waals surface area contributed by atoms with E-state index in [1.807, 2.05) is 6.92 Å². The zero-order valence-corrected chi connectivity index (χ0v) is 10.7. The van der Waals surface area contributed by atoms with E-state index in [0.29, 0.717) is 13.1 Å². The summed E-state index contributed by atoms with van der Waals surface area (Å²) in [6.07, 6.45) is 3.08. The van der Waals surface area contributed by atoms with E-state index in [0.717, 1.165) is 25.9 Å². The van der Waals surface area contributed by atoms with Crippen molar-refractivity contribution in [3.8, 4) is 0 Å². The maximum atomic E-state index is 11.6. The van der Waals surface area contributed by atoms with Crippen molar-refractivity contribution in [2.45, 2.75) is 39.2 Å². The molecule has 0 aromatic heterocycles. The van der Waals surface area contributed by atoms with E-state index < -0.39 is 0 Å². The summed E-state index contributed by atoms with van der Waals surface area (Å²) < 4.78 is 5.41. The van der Waals surface area contributed by atoms with Crippen LogP contribution in [0.2, 0.25) is 0 Å². The average molecular weight is 242 g/mol. The number of rotatable bonds is 6. The number of hydrogen-bond acceptors (Lipinski definition) is 3. The van der Waals surface area contributed by atoms with E-state index in [-0.39, 0.29) is 24.5 Å². The fourth-order valence-corrected chi connectivity index (χ4v) is 1.88. The molecule has 0 aromatic rings. The molecule has 1 heterocycles. The third-order valence-corrected chi connectivity index (χ3v) is 2.82. The van der Waals surface area contributed by atoms with Crippen LogP contribution in [0.15, 0.2) is 0 Å². The Bertz CT molecular complexity index is 262. The molecule has 2 amide bonds. The van der Waals surface area contributed by atoms with Gasteiger partial charge in [-0.3, -0.25) is 9.59 Å². The monoisotopic (exact) mass is 242 g/mol. The first kappa shape index (κ1) is 14.0. The van der Waals surface area contributed by atoms with Crippen LogP contribution in [0.1, 0.15) is 33.1 Å². The van der Waals surface area contributed by atoms with Gasteiger partial charge in [-0.05, 0) is 19.3 Å². The van der Waals surface area contributed by atoms with Crippen molar-refractivity contribution in [1.82, 2.24) is 10.2 Å². The second kappa shape index (κ2) is 7.27. The Hall–Kier alpha value is -1.10. The topological polar surface area (TPSA) is 58.6 Å². The van der Waals surface area contributed by atoms with Gasteiger partial charge in [-0.25, -0.2) is 0 Å². The summed E-state index contributed by atoms with van der Waals surface area (Å²) in [5, 5.41) is 2.81. The van der Waals surface area contributed by atoms with Crippen molar-refractivity contribution >= 4 is 11.8 Å². The molecule has 0 spiro atoms. The lowest BCUT2D eigenvalue weighted by Gasteiger charge is -2.20. The Labute approximate surface area is 102 Å². The minimum absolute atomic E-state index is 0.0564. The summed E-state index contributed by atoms with van der Waals surface area (Å²) >= 11 is 0. The number of carbonyl (C=O) groups excluding carboxylic acids is 2.